The van der Waals surface area contributed by atoms with Crippen LogP contribution in [0.25, 0.3) is 0 Å². The second-order valence-corrected chi connectivity index (χ2v) is 14.3. The Hall–Kier alpha value is -5.20. The van der Waals surface area contributed by atoms with Crippen molar-refractivity contribution in [3.8, 4) is 0 Å². The van der Waals surface area contributed by atoms with Crippen molar-refractivity contribution in [1.82, 2.24) is 0 Å². The molecule has 0 unspecified atom stereocenters. The molecule has 3 aliphatic carbocycles. The molecule has 0 aliphatic heterocycles. The van der Waals surface area contributed by atoms with Gasteiger partial charge in [0, 0.05) is 21.7 Å². The number of benzene rings is 5. The van der Waals surface area contributed by atoms with E-state index in [1.165, 1.54) is 0 Å². The second-order valence-electron chi connectivity index (χ2n) is 14.3. The van der Waals surface area contributed by atoms with Gasteiger partial charge < -0.3 is 56.1 Å². The Labute approximate surface area is 469 Å². The predicted octanol–water partition coefficient (Wildman–Crippen LogP) is 7.01. The molecule has 0 spiro atoms. The first-order valence-corrected chi connectivity index (χ1v) is 21.2. The fourth-order valence-corrected chi connectivity index (χ4v) is 5.66. The first kappa shape index (κ1) is 73.8. The van der Waals surface area contributed by atoms with Crippen LogP contribution in [0.2, 0.25) is 0 Å². The van der Waals surface area contributed by atoms with Gasteiger partial charge in [0.15, 0.2) is 0 Å². The van der Waals surface area contributed by atoms with Gasteiger partial charge >= 0.3 is 38.8 Å². The molecule has 17 heteroatoms. The van der Waals surface area contributed by atoms with Crippen molar-refractivity contribution in [2.24, 2.45) is 30.9 Å². The van der Waals surface area contributed by atoms with Gasteiger partial charge in [-0.3, -0.25) is 0 Å². The monoisotopic (exact) mass is 1100 g/mol. The number of hydrogen-bond donors (Lipinski definition) is 6. The van der Waals surface area contributed by atoms with Gasteiger partial charge in [-0.05, 0) is 77.0 Å². The van der Waals surface area contributed by atoms with E-state index in [1.54, 1.807) is 0 Å². The van der Waals surface area contributed by atoms with Crippen LogP contribution in [0, 0.1) is 34.6 Å². The summed E-state index contributed by atoms with van der Waals surface area (Å²) in [7, 11) is 0. The van der Waals surface area contributed by atoms with Crippen molar-refractivity contribution in [2.75, 3.05) is 0 Å². The van der Waals surface area contributed by atoms with Crippen LogP contribution < -0.4 is 24.8 Å². The maximum absolute atomic E-state index is 8.39. The molecule has 0 atom stereocenters. The maximum atomic E-state index is 8.39. The molecular weight excluding hydrogens is 1040 g/mol. The van der Waals surface area contributed by atoms with Crippen molar-refractivity contribution >= 4 is 34.3 Å². The minimum atomic E-state index is 0. The van der Waals surface area contributed by atoms with Gasteiger partial charge in [0.05, 0.1) is 0 Å². The molecule has 0 saturated heterocycles. The van der Waals surface area contributed by atoms with Crippen molar-refractivity contribution in [1.29, 1.82) is 0 Å². The van der Waals surface area contributed by atoms with Gasteiger partial charge in [-0.15, -0.1) is 60.7 Å². The third-order valence-corrected chi connectivity index (χ3v) is 9.17. The molecule has 6 N–H and O–H groups in total. The molecule has 374 valence electrons. The Morgan fingerprint density at radius 2 is 0.386 bits per heavy atom. The van der Waals surface area contributed by atoms with E-state index in [1.807, 2.05) is 152 Å². The molecule has 3 fully saturated rings. The average molecular weight is 1100 g/mol. The molecule has 3 aliphatic rings. The molecule has 70 heavy (non-hydrogen) atoms. The van der Waals surface area contributed by atoms with Crippen LogP contribution in [0.5, 0.6) is 0 Å². The third-order valence-electron chi connectivity index (χ3n) is 9.17. The summed E-state index contributed by atoms with van der Waals surface area (Å²) in [5.41, 5.74) is 8.49. The Balaban J connectivity index is -0.000000229. The van der Waals surface area contributed by atoms with Crippen LogP contribution >= 0.6 is 0 Å². The van der Waals surface area contributed by atoms with Crippen molar-refractivity contribution in [3.05, 3.63) is 214 Å². The van der Waals surface area contributed by atoms with E-state index in [2.05, 4.69) is 65.6 Å². The van der Waals surface area contributed by atoms with Gasteiger partial charge in [-0.25, -0.2) is 0 Å². The number of halogens is 2. The fourth-order valence-electron chi connectivity index (χ4n) is 5.66. The zero-order valence-electron chi connectivity index (χ0n) is 39.4. The van der Waals surface area contributed by atoms with Gasteiger partial charge in [0.1, 0.15) is 34.3 Å². The third kappa shape index (κ3) is 37.7. The van der Waals surface area contributed by atoms with Crippen LogP contribution in [-0.2, 0) is 60.5 Å². The number of nitrogens with zero attached hydrogens (tertiary/aromatic N) is 6. The Morgan fingerprint density at radius 1 is 0.271 bits per heavy atom. The second kappa shape index (κ2) is 50.2. The molecule has 5 aromatic carbocycles. The Bertz CT molecular complexity index is 1770. The molecule has 0 heterocycles. The number of hydrogen-bond acceptors (Lipinski definition) is 12. The van der Waals surface area contributed by atoms with Gasteiger partial charge in [0.25, 0.3) is 0 Å². The SMILES string of the molecule is ON=C1CCCCC1=NO.ON=C1CCCCC1=NO.ON=C1CCCCC1=NO.[CH2-]c1ccccc1.[CH2-]c1ccccc1.[CH2-]c1ccccc1.[CH2-]c1ccccc1.[CH2-]c1ccccc1.[Cl-].[Cl-].[Fe+2].[Ti+4].[Ti]. The zero-order valence-corrected chi connectivity index (χ0v) is 45.2. The largest absolute Gasteiger partial charge is 4.00 e. The smallest absolute Gasteiger partial charge is 1.00 e. The van der Waals surface area contributed by atoms with Crippen LogP contribution in [0.1, 0.15) is 105 Å². The van der Waals surface area contributed by atoms with Gasteiger partial charge in [-0.2, -0.15) is 123 Å². The van der Waals surface area contributed by atoms with Crippen molar-refractivity contribution < 1.29 is 117 Å². The predicted molar refractivity (Wildman–Crippen MR) is 265 cm³/mol. The summed E-state index contributed by atoms with van der Waals surface area (Å²) in [5.74, 6) is 0. The molecule has 3 saturated carbocycles. The molecule has 0 aromatic heterocycles. The minimum Gasteiger partial charge on any atom is -1.00 e. The van der Waals surface area contributed by atoms with E-state index in [0.29, 0.717) is 34.3 Å². The van der Waals surface area contributed by atoms with E-state index >= 15 is 0 Å². The van der Waals surface area contributed by atoms with Crippen molar-refractivity contribution in [3.63, 3.8) is 0 Å². The number of oxime groups is 6. The summed E-state index contributed by atoms with van der Waals surface area (Å²) in [6, 6.07) is 49.4. The Kier molecular flexibility index (Phi) is 52.9. The summed E-state index contributed by atoms with van der Waals surface area (Å²) >= 11 is 0. The van der Waals surface area contributed by atoms with Crippen LogP contribution in [-0.4, -0.2) is 65.5 Å². The van der Waals surface area contributed by atoms with Crippen LogP contribution in [0.15, 0.2) is 183 Å². The fraction of sp³-hybridized carbons (Fsp3) is 0.226. The zero-order chi connectivity index (χ0) is 47.8. The maximum Gasteiger partial charge on any atom is 4.00 e. The molecular formula is C53H65Cl2FeN6O6Ti2-. The Morgan fingerprint density at radius 3 is 0.457 bits per heavy atom. The molecule has 8 rings (SSSR count). The first-order chi connectivity index (χ1) is 31.6. The summed E-state index contributed by atoms with van der Waals surface area (Å²) in [6.07, 6.45) is 10.4. The molecule has 12 nitrogen and oxygen atoms in total. The van der Waals surface area contributed by atoms with E-state index in [4.69, 9.17) is 31.2 Å². The topological polar surface area (TPSA) is 196 Å². The van der Waals surface area contributed by atoms with Gasteiger partial charge in [0.2, 0.25) is 0 Å². The first-order valence-electron chi connectivity index (χ1n) is 21.2. The molecule has 5 aromatic rings. The molecule has 0 radical (unpaired) electrons. The summed E-state index contributed by atoms with van der Waals surface area (Å²) in [5, 5.41) is 68.5. The van der Waals surface area contributed by atoms with E-state index in [0.717, 1.165) is 105 Å². The molecule has 0 amide bonds. The van der Waals surface area contributed by atoms with E-state index in [9.17, 15) is 0 Å². The van der Waals surface area contributed by atoms with E-state index in [-0.39, 0.29) is 85.3 Å². The average Bonchev–Trinajstić information content (AvgIpc) is 3.36. The summed E-state index contributed by atoms with van der Waals surface area (Å²) in [4.78, 5) is 0. The molecule has 0 bridgehead atoms. The number of rotatable bonds is 0. The quantitative estimate of drug-likeness (QED) is 0.0418. The van der Waals surface area contributed by atoms with Crippen molar-refractivity contribution in [2.45, 2.75) is 77.0 Å². The normalized spacial score (nSPS) is 16.1. The standard InChI is InChI=1S/5C7H7.3C6H10N2O2.2ClH.Fe.2Ti/c5*1-7-5-3-2-4-6-7;3*9-7-5-3-1-2-4-6(5)8-10;;;;;/h5*2-6H,1H2;3*9-10H,1-4H2;2*1H;;;/q5*-1;;;;;;+2;;+4/p-2. The minimum absolute atomic E-state index is 0. The van der Waals surface area contributed by atoms with Gasteiger partial charge in [-0.1, -0.05) is 61.3 Å². The van der Waals surface area contributed by atoms with Crippen LogP contribution in [0.3, 0.4) is 0 Å². The van der Waals surface area contributed by atoms with E-state index < -0.39 is 0 Å². The van der Waals surface area contributed by atoms with Crippen LogP contribution in [0.4, 0.5) is 0 Å². The summed E-state index contributed by atoms with van der Waals surface area (Å²) in [6.45, 7) is 18.6. The summed E-state index contributed by atoms with van der Waals surface area (Å²) < 4.78 is 0.